The molecule has 148 valence electrons. The summed E-state index contributed by atoms with van der Waals surface area (Å²) in [6, 6.07) is 12.1. The molecule has 0 radical (unpaired) electrons. The molecule has 2 N–H and O–H groups in total. The molecule has 1 amide bonds. The van der Waals surface area contributed by atoms with E-state index in [1.807, 2.05) is 31.2 Å². The van der Waals surface area contributed by atoms with E-state index in [4.69, 9.17) is 5.41 Å². The zero-order valence-corrected chi connectivity index (χ0v) is 16.8. The van der Waals surface area contributed by atoms with Crippen molar-refractivity contribution in [2.45, 2.75) is 32.2 Å². The number of amides is 1. The summed E-state index contributed by atoms with van der Waals surface area (Å²) in [4.78, 5) is 13.3. The molecule has 0 bridgehead atoms. The van der Waals surface area contributed by atoms with Gasteiger partial charge in [0.2, 0.25) is 5.91 Å². The maximum Gasteiger partial charge on any atom is 0.256 e. The summed E-state index contributed by atoms with van der Waals surface area (Å²) in [6.07, 6.45) is -2.68. The van der Waals surface area contributed by atoms with Gasteiger partial charge >= 0.3 is 0 Å². The number of nitrogens with one attached hydrogen (secondary N) is 2. The van der Waals surface area contributed by atoms with Gasteiger partial charge in [0, 0.05) is 25.7 Å². The van der Waals surface area contributed by atoms with Gasteiger partial charge in [-0.3, -0.25) is 15.1 Å². The highest BCUT2D eigenvalue weighted by Crippen LogP contribution is 2.38. The molecule has 29 heavy (non-hydrogen) atoms. The highest BCUT2D eigenvalue weighted by atomic mass is 32.1. The lowest BCUT2D eigenvalue weighted by Crippen LogP contribution is -2.60. The largest absolute Gasteiger partial charge is 0.346 e. The fourth-order valence-corrected chi connectivity index (χ4v) is 4.81. The Morgan fingerprint density at radius 1 is 1.24 bits per heavy atom. The van der Waals surface area contributed by atoms with Crippen LogP contribution in [0.1, 0.15) is 31.4 Å². The SMILES string of the molecule is CC#Cc1ccc2sc3ccc([C@]4(C)CC(=O)N(CC(F)F)C(=N)N4)cc3c2c1. The maximum atomic E-state index is 12.7. The quantitative estimate of drug-likeness (QED) is 0.616. The molecule has 0 saturated carbocycles. The Bertz CT molecular complexity index is 1190. The van der Waals surface area contributed by atoms with E-state index < -0.39 is 24.4 Å². The first-order chi connectivity index (χ1) is 13.8. The second-order valence-corrected chi connectivity index (χ2v) is 8.36. The first-order valence-corrected chi connectivity index (χ1v) is 9.97. The standard InChI is InChI=1S/C22H19F2N3OS/c1-3-4-13-5-7-17-15(9-13)16-10-14(6-8-18(16)29-17)22(2)11-20(28)27(12-19(23)24)21(25)26-22/h5-10,19H,11-12H2,1-2H3,(H2,25,26)/t22-/m0/s1. The number of guanidine groups is 1. The lowest BCUT2D eigenvalue weighted by molar-refractivity contribution is -0.132. The summed E-state index contributed by atoms with van der Waals surface area (Å²) in [5, 5.41) is 13.2. The number of benzene rings is 2. The van der Waals surface area contributed by atoms with Crippen LogP contribution < -0.4 is 5.32 Å². The van der Waals surface area contributed by atoms with Crippen LogP contribution in [0.3, 0.4) is 0 Å². The average molecular weight is 411 g/mol. The first kappa shape index (κ1) is 19.3. The molecule has 1 fully saturated rings. The van der Waals surface area contributed by atoms with Crippen molar-refractivity contribution in [3.8, 4) is 11.8 Å². The molecule has 0 aliphatic carbocycles. The summed E-state index contributed by atoms with van der Waals surface area (Å²) in [5.41, 5.74) is 0.939. The van der Waals surface area contributed by atoms with E-state index in [-0.39, 0.29) is 12.4 Å². The van der Waals surface area contributed by atoms with Gasteiger partial charge in [-0.1, -0.05) is 12.0 Å². The third kappa shape index (κ3) is 3.45. The van der Waals surface area contributed by atoms with Crippen molar-refractivity contribution < 1.29 is 13.6 Å². The van der Waals surface area contributed by atoms with Crippen LogP contribution in [-0.2, 0) is 10.3 Å². The van der Waals surface area contributed by atoms with Crippen molar-refractivity contribution in [2.24, 2.45) is 0 Å². The Balaban J connectivity index is 1.76. The summed E-state index contributed by atoms with van der Waals surface area (Å²) in [6.45, 7) is 2.85. The number of nitrogens with zero attached hydrogens (tertiary/aromatic N) is 1. The third-order valence-corrected chi connectivity index (χ3v) is 6.32. The Morgan fingerprint density at radius 2 is 1.93 bits per heavy atom. The van der Waals surface area contributed by atoms with Crippen LogP contribution in [0.2, 0.25) is 0 Å². The number of hydrogen-bond acceptors (Lipinski definition) is 3. The van der Waals surface area contributed by atoms with Crippen LogP contribution in [-0.4, -0.2) is 29.7 Å². The van der Waals surface area contributed by atoms with E-state index in [0.717, 1.165) is 36.2 Å². The van der Waals surface area contributed by atoms with Gasteiger partial charge in [-0.15, -0.1) is 17.3 Å². The molecule has 2 heterocycles. The van der Waals surface area contributed by atoms with Crippen LogP contribution in [0, 0.1) is 17.3 Å². The summed E-state index contributed by atoms with van der Waals surface area (Å²) in [5.74, 6) is 5.21. The van der Waals surface area contributed by atoms with Gasteiger partial charge in [-0.25, -0.2) is 8.78 Å². The van der Waals surface area contributed by atoms with Crippen molar-refractivity contribution in [3.63, 3.8) is 0 Å². The Hall–Kier alpha value is -2.98. The molecule has 4 nitrogen and oxygen atoms in total. The number of hydrogen-bond donors (Lipinski definition) is 2. The Labute approximate surface area is 171 Å². The zero-order chi connectivity index (χ0) is 20.8. The summed E-state index contributed by atoms with van der Waals surface area (Å²) >= 11 is 1.68. The molecule has 2 aromatic carbocycles. The minimum absolute atomic E-state index is 0.00222. The molecule has 1 saturated heterocycles. The molecule has 7 heteroatoms. The number of thiophene rings is 1. The minimum Gasteiger partial charge on any atom is -0.346 e. The van der Waals surface area contributed by atoms with Gasteiger partial charge in [-0.05, 0) is 49.7 Å². The van der Waals surface area contributed by atoms with Crippen LogP contribution >= 0.6 is 11.3 Å². The molecule has 1 atom stereocenters. The summed E-state index contributed by atoms with van der Waals surface area (Å²) < 4.78 is 27.7. The van der Waals surface area contributed by atoms with Gasteiger partial charge in [-0.2, -0.15) is 0 Å². The second kappa shape index (κ2) is 7.12. The van der Waals surface area contributed by atoms with E-state index in [9.17, 15) is 13.6 Å². The molecule has 0 spiro atoms. The molecule has 1 aliphatic rings. The van der Waals surface area contributed by atoms with Crippen molar-refractivity contribution in [1.29, 1.82) is 5.41 Å². The fraction of sp³-hybridized carbons (Fsp3) is 0.273. The number of alkyl halides is 2. The van der Waals surface area contributed by atoms with Crippen LogP contribution in [0.5, 0.6) is 0 Å². The number of fused-ring (bicyclic) bond motifs is 3. The normalized spacial score (nSPS) is 19.6. The molecule has 1 aromatic heterocycles. The van der Waals surface area contributed by atoms with Gasteiger partial charge < -0.3 is 5.32 Å². The van der Waals surface area contributed by atoms with E-state index in [2.05, 4.69) is 29.3 Å². The van der Waals surface area contributed by atoms with Crippen molar-refractivity contribution in [2.75, 3.05) is 6.54 Å². The van der Waals surface area contributed by atoms with Gasteiger partial charge in [0.1, 0.15) is 0 Å². The smallest absolute Gasteiger partial charge is 0.256 e. The molecular formula is C22H19F2N3OS. The molecular weight excluding hydrogens is 392 g/mol. The van der Waals surface area contributed by atoms with E-state index >= 15 is 0 Å². The Kier molecular flexibility index (Phi) is 4.75. The van der Waals surface area contributed by atoms with Gasteiger partial charge in [0.25, 0.3) is 6.43 Å². The molecule has 1 aliphatic heterocycles. The van der Waals surface area contributed by atoms with Crippen molar-refractivity contribution >= 4 is 43.4 Å². The first-order valence-electron chi connectivity index (χ1n) is 9.15. The monoisotopic (exact) mass is 411 g/mol. The lowest BCUT2D eigenvalue weighted by atomic mass is 9.86. The second-order valence-electron chi connectivity index (χ2n) is 7.28. The zero-order valence-electron chi connectivity index (χ0n) is 16.0. The topological polar surface area (TPSA) is 56.2 Å². The van der Waals surface area contributed by atoms with E-state index in [1.54, 1.807) is 18.3 Å². The molecule has 3 aromatic rings. The molecule has 4 rings (SSSR count). The maximum absolute atomic E-state index is 12.7. The minimum atomic E-state index is -2.68. The number of halogens is 2. The van der Waals surface area contributed by atoms with Gasteiger partial charge in [0.15, 0.2) is 5.96 Å². The highest BCUT2D eigenvalue weighted by Gasteiger charge is 2.40. The Morgan fingerprint density at radius 3 is 2.59 bits per heavy atom. The average Bonchev–Trinajstić information content (AvgIpc) is 3.02. The third-order valence-electron chi connectivity index (χ3n) is 5.17. The number of carbonyl (C=O) groups is 1. The van der Waals surface area contributed by atoms with Crippen LogP contribution in [0.4, 0.5) is 8.78 Å². The predicted octanol–water partition coefficient (Wildman–Crippen LogP) is 4.66. The number of carbonyl (C=O) groups excluding carboxylic acids is 1. The van der Waals surface area contributed by atoms with Crippen molar-refractivity contribution in [3.05, 3.63) is 47.5 Å². The summed E-state index contributed by atoms with van der Waals surface area (Å²) in [7, 11) is 0. The van der Waals surface area contributed by atoms with Crippen LogP contribution in [0.25, 0.3) is 20.2 Å². The van der Waals surface area contributed by atoms with Crippen molar-refractivity contribution in [1.82, 2.24) is 10.2 Å². The van der Waals surface area contributed by atoms with Gasteiger partial charge in [0.05, 0.1) is 18.5 Å². The van der Waals surface area contributed by atoms with Crippen LogP contribution in [0.15, 0.2) is 36.4 Å². The number of rotatable bonds is 3. The van der Waals surface area contributed by atoms with E-state index in [1.165, 1.54) is 0 Å². The lowest BCUT2D eigenvalue weighted by Gasteiger charge is -2.41. The molecule has 0 unspecified atom stereocenters. The predicted molar refractivity (Wildman–Crippen MR) is 112 cm³/mol. The highest BCUT2D eigenvalue weighted by molar-refractivity contribution is 7.25. The fourth-order valence-electron chi connectivity index (χ4n) is 3.74. The van der Waals surface area contributed by atoms with E-state index in [0.29, 0.717) is 0 Å².